The Kier molecular flexibility index (Phi) is 8.29. The van der Waals surface area contributed by atoms with E-state index >= 15 is 0 Å². The smallest absolute Gasteiger partial charge is 0.251 e. The van der Waals surface area contributed by atoms with E-state index in [1.165, 1.54) is 5.56 Å². The van der Waals surface area contributed by atoms with Crippen molar-refractivity contribution in [1.82, 2.24) is 10.6 Å². The topological polar surface area (TPSA) is 62.4 Å². The second kappa shape index (κ2) is 11.1. The van der Waals surface area contributed by atoms with Crippen molar-refractivity contribution in [2.75, 3.05) is 11.9 Å². The number of ether oxygens (including phenoxy) is 1. The summed E-state index contributed by atoms with van der Waals surface area (Å²) in [5.74, 6) is 0.729. The number of carbonyl (C=O) groups is 1. The molecular weight excluding hydrogens is 406 g/mol. The molecule has 0 aliphatic heterocycles. The number of anilines is 1. The molecule has 0 bridgehead atoms. The standard InChI is InChI=1S/C25H33N3O2S/c1-4-14-26-24(29)23-16-22(11-8-18(23)3)30-21-12-9-19(10-13-21)27-25(31)28-20-7-5-6-17(2)15-20/h5-8,11,15-16,19,21H,4,9-10,12-14H2,1-3H3,(H,26,29)(H2,27,28,31). The molecule has 1 aliphatic rings. The Morgan fingerprint density at radius 2 is 1.87 bits per heavy atom. The average molecular weight is 440 g/mol. The lowest BCUT2D eigenvalue weighted by Crippen LogP contribution is -2.41. The molecule has 1 amide bonds. The number of nitrogens with one attached hydrogen (secondary N) is 3. The van der Waals surface area contributed by atoms with Gasteiger partial charge in [0, 0.05) is 23.8 Å². The van der Waals surface area contributed by atoms with Gasteiger partial charge in [0.05, 0.1) is 6.10 Å². The third-order valence-corrected chi connectivity index (χ3v) is 5.80. The Morgan fingerprint density at radius 3 is 2.58 bits per heavy atom. The molecule has 1 fully saturated rings. The minimum absolute atomic E-state index is 0.0349. The van der Waals surface area contributed by atoms with Crippen LogP contribution in [-0.2, 0) is 0 Å². The molecule has 1 saturated carbocycles. The second-order valence-corrected chi connectivity index (χ2v) is 8.70. The molecule has 0 radical (unpaired) electrons. The average Bonchev–Trinajstić information content (AvgIpc) is 2.74. The number of hydrogen-bond acceptors (Lipinski definition) is 3. The highest BCUT2D eigenvalue weighted by Gasteiger charge is 2.23. The highest BCUT2D eigenvalue weighted by atomic mass is 32.1. The van der Waals surface area contributed by atoms with Crippen LogP contribution in [0.25, 0.3) is 0 Å². The number of rotatable bonds is 7. The molecule has 2 aromatic rings. The molecule has 3 rings (SSSR count). The first-order chi connectivity index (χ1) is 14.9. The van der Waals surface area contributed by atoms with Gasteiger partial charge in [-0.15, -0.1) is 0 Å². The summed E-state index contributed by atoms with van der Waals surface area (Å²) < 4.78 is 6.21. The maximum Gasteiger partial charge on any atom is 0.251 e. The summed E-state index contributed by atoms with van der Waals surface area (Å²) >= 11 is 5.48. The molecule has 0 unspecified atom stereocenters. The van der Waals surface area contributed by atoms with E-state index in [0.717, 1.165) is 49.1 Å². The van der Waals surface area contributed by atoms with Crippen LogP contribution in [0.4, 0.5) is 5.69 Å². The van der Waals surface area contributed by atoms with Gasteiger partial charge in [0.2, 0.25) is 0 Å². The number of thiocarbonyl (C=S) groups is 1. The summed E-state index contributed by atoms with van der Waals surface area (Å²) in [4.78, 5) is 12.4. The lowest BCUT2D eigenvalue weighted by atomic mass is 9.93. The molecule has 6 heteroatoms. The van der Waals surface area contributed by atoms with Crippen LogP contribution in [0.2, 0.25) is 0 Å². The fraction of sp³-hybridized carbons (Fsp3) is 0.440. The molecule has 0 spiro atoms. The van der Waals surface area contributed by atoms with E-state index in [1.54, 1.807) is 0 Å². The van der Waals surface area contributed by atoms with Gasteiger partial charge in [0.1, 0.15) is 5.75 Å². The van der Waals surface area contributed by atoms with Crippen LogP contribution >= 0.6 is 12.2 Å². The largest absolute Gasteiger partial charge is 0.490 e. The molecule has 0 saturated heterocycles. The maximum absolute atomic E-state index is 12.4. The molecule has 5 nitrogen and oxygen atoms in total. The second-order valence-electron chi connectivity index (χ2n) is 8.29. The molecule has 0 heterocycles. The van der Waals surface area contributed by atoms with Gasteiger partial charge in [-0.3, -0.25) is 4.79 Å². The van der Waals surface area contributed by atoms with Crippen LogP contribution < -0.4 is 20.7 Å². The van der Waals surface area contributed by atoms with Gasteiger partial charge >= 0.3 is 0 Å². The first-order valence-corrected chi connectivity index (χ1v) is 11.5. The predicted molar refractivity (Wildman–Crippen MR) is 131 cm³/mol. The van der Waals surface area contributed by atoms with Crippen molar-refractivity contribution in [3.63, 3.8) is 0 Å². The van der Waals surface area contributed by atoms with Gasteiger partial charge in [-0.25, -0.2) is 0 Å². The van der Waals surface area contributed by atoms with E-state index in [-0.39, 0.29) is 12.0 Å². The molecule has 3 N–H and O–H groups in total. The summed E-state index contributed by atoms with van der Waals surface area (Å²) in [7, 11) is 0. The van der Waals surface area contributed by atoms with E-state index in [0.29, 0.717) is 23.3 Å². The fourth-order valence-electron chi connectivity index (χ4n) is 3.85. The van der Waals surface area contributed by atoms with Crippen LogP contribution in [0.15, 0.2) is 42.5 Å². The minimum Gasteiger partial charge on any atom is -0.490 e. The number of carbonyl (C=O) groups excluding carboxylic acids is 1. The van der Waals surface area contributed by atoms with Crippen LogP contribution in [0.1, 0.15) is 60.5 Å². The van der Waals surface area contributed by atoms with Crippen molar-refractivity contribution in [3.05, 3.63) is 59.2 Å². The van der Waals surface area contributed by atoms with Crippen molar-refractivity contribution in [2.24, 2.45) is 0 Å². The Balaban J connectivity index is 1.47. The Morgan fingerprint density at radius 1 is 1.10 bits per heavy atom. The van der Waals surface area contributed by atoms with Gasteiger partial charge in [0.25, 0.3) is 5.91 Å². The molecule has 0 aromatic heterocycles. The first kappa shape index (κ1) is 23.1. The highest BCUT2D eigenvalue weighted by Crippen LogP contribution is 2.26. The summed E-state index contributed by atoms with van der Waals surface area (Å²) in [5, 5.41) is 10.3. The SMILES string of the molecule is CCCNC(=O)c1cc(OC2CCC(NC(=S)Nc3cccc(C)c3)CC2)ccc1C. The van der Waals surface area contributed by atoms with Crippen LogP contribution in [0.5, 0.6) is 5.75 Å². The summed E-state index contributed by atoms with van der Waals surface area (Å²) in [6, 6.07) is 14.3. The lowest BCUT2D eigenvalue weighted by Gasteiger charge is -2.30. The molecule has 1 aliphatic carbocycles. The normalized spacial score (nSPS) is 18.2. The fourth-order valence-corrected chi connectivity index (χ4v) is 4.13. The monoisotopic (exact) mass is 439 g/mol. The third kappa shape index (κ3) is 6.96. The van der Waals surface area contributed by atoms with Crippen molar-refractivity contribution in [3.8, 4) is 5.75 Å². The van der Waals surface area contributed by atoms with E-state index in [9.17, 15) is 4.79 Å². The zero-order chi connectivity index (χ0) is 22.2. The predicted octanol–water partition coefficient (Wildman–Crippen LogP) is 5.12. The summed E-state index contributed by atoms with van der Waals surface area (Å²) in [6.07, 6.45) is 4.98. The van der Waals surface area contributed by atoms with E-state index in [2.05, 4.69) is 35.0 Å². The van der Waals surface area contributed by atoms with E-state index in [1.807, 2.05) is 44.2 Å². The quantitative estimate of drug-likeness (QED) is 0.523. The van der Waals surface area contributed by atoms with Gasteiger partial charge in [-0.2, -0.15) is 0 Å². The lowest BCUT2D eigenvalue weighted by molar-refractivity contribution is 0.0951. The van der Waals surface area contributed by atoms with Gasteiger partial charge in [0.15, 0.2) is 5.11 Å². The van der Waals surface area contributed by atoms with Gasteiger partial charge in [-0.05, 0) is 93.6 Å². The Labute approximate surface area is 191 Å². The zero-order valence-corrected chi connectivity index (χ0v) is 19.5. The molecule has 2 aromatic carbocycles. The number of amides is 1. The number of hydrogen-bond donors (Lipinski definition) is 3. The van der Waals surface area contributed by atoms with E-state index < -0.39 is 0 Å². The Hall–Kier alpha value is -2.60. The zero-order valence-electron chi connectivity index (χ0n) is 18.7. The van der Waals surface area contributed by atoms with E-state index in [4.69, 9.17) is 17.0 Å². The van der Waals surface area contributed by atoms with Gasteiger partial charge in [-0.1, -0.05) is 25.1 Å². The van der Waals surface area contributed by atoms with Crippen molar-refractivity contribution in [2.45, 2.75) is 65.0 Å². The summed E-state index contributed by atoms with van der Waals surface area (Å²) in [6.45, 7) is 6.75. The molecular formula is C25H33N3O2S. The summed E-state index contributed by atoms with van der Waals surface area (Å²) in [5.41, 5.74) is 3.86. The van der Waals surface area contributed by atoms with Gasteiger partial charge < -0.3 is 20.7 Å². The third-order valence-electron chi connectivity index (χ3n) is 5.58. The van der Waals surface area contributed by atoms with Crippen LogP contribution in [0, 0.1) is 13.8 Å². The van der Waals surface area contributed by atoms with Crippen molar-refractivity contribution < 1.29 is 9.53 Å². The molecule has 31 heavy (non-hydrogen) atoms. The number of aryl methyl sites for hydroxylation is 2. The minimum atomic E-state index is -0.0349. The highest BCUT2D eigenvalue weighted by molar-refractivity contribution is 7.80. The molecule has 0 atom stereocenters. The van der Waals surface area contributed by atoms with Crippen LogP contribution in [-0.4, -0.2) is 29.7 Å². The van der Waals surface area contributed by atoms with Crippen molar-refractivity contribution in [1.29, 1.82) is 0 Å². The molecule has 166 valence electrons. The maximum atomic E-state index is 12.4. The van der Waals surface area contributed by atoms with Crippen molar-refractivity contribution >= 4 is 28.9 Å². The number of benzene rings is 2. The first-order valence-electron chi connectivity index (χ1n) is 11.1. The van der Waals surface area contributed by atoms with Crippen LogP contribution in [0.3, 0.4) is 0 Å². The Bertz CT molecular complexity index is 907.